The highest BCUT2D eigenvalue weighted by Gasteiger charge is 2.64. The maximum atomic E-state index is 14.1. The van der Waals surface area contributed by atoms with Crippen LogP contribution in [0.5, 0.6) is 0 Å². The summed E-state index contributed by atoms with van der Waals surface area (Å²) < 4.78 is 6.16. The second kappa shape index (κ2) is 9.45. The van der Waals surface area contributed by atoms with E-state index in [4.69, 9.17) is 4.74 Å². The molecule has 0 aromatic carbocycles. The number of allylic oxidation sites excluding steroid dienone is 2. The van der Waals surface area contributed by atoms with E-state index in [9.17, 15) is 14.4 Å². The highest BCUT2D eigenvalue weighted by molar-refractivity contribution is 8.14. The highest BCUT2D eigenvalue weighted by atomic mass is 32.2. The van der Waals surface area contributed by atoms with E-state index in [0.717, 1.165) is 62.7 Å². The average molecular weight is 567 g/mol. The van der Waals surface area contributed by atoms with E-state index in [1.807, 2.05) is 6.08 Å². The monoisotopic (exact) mass is 566 g/mol. The number of carbonyl (C=O) groups excluding carboxylic acids is 3. The van der Waals surface area contributed by atoms with Crippen molar-refractivity contribution in [3.8, 4) is 0 Å². The molecule has 0 N–H and O–H groups in total. The summed E-state index contributed by atoms with van der Waals surface area (Å²) in [4.78, 5) is 39.1. The Bertz CT molecular complexity index is 1100. The molecular weight excluding hydrogens is 516 g/mol. The number of carbonyl (C=O) groups is 3. The van der Waals surface area contributed by atoms with Gasteiger partial charge in [-0.05, 0) is 130 Å². The van der Waals surface area contributed by atoms with Crippen molar-refractivity contribution in [1.82, 2.24) is 0 Å². The number of cyclic esters (lactones) is 1. The molecule has 8 rings (SSSR count). The van der Waals surface area contributed by atoms with Gasteiger partial charge in [-0.2, -0.15) is 0 Å². The normalized spacial score (nSPS) is 51.2. The Labute approximate surface area is 245 Å². The van der Waals surface area contributed by atoms with Crippen LogP contribution in [0.4, 0.5) is 0 Å². The average Bonchev–Trinajstić information content (AvgIpc) is 3.24. The van der Waals surface area contributed by atoms with E-state index in [-0.39, 0.29) is 33.2 Å². The predicted octanol–water partition coefficient (Wildman–Crippen LogP) is 8.08. The molecule has 7 atom stereocenters. The van der Waals surface area contributed by atoms with E-state index in [2.05, 4.69) is 27.7 Å². The molecule has 0 spiro atoms. The van der Waals surface area contributed by atoms with E-state index < -0.39 is 5.60 Å². The lowest BCUT2D eigenvalue weighted by Crippen LogP contribution is -2.60. The van der Waals surface area contributed by atoms with Gasteiger partial charge in [-0.3, -0.25) is 14.4 Å². The summed E-state index contributed by atoms with van der Waals surface area (Å²) in [6, 6.07) is 0. The van der Waals surface area contributed by atoms with Gasteiger partial charge in [0.05, 0.1) is 0 Å². The Morgan fingerprint density at radius 1 is 0.975 bits per heavy atom. The molecule has 0 radical (unpaired) electrons. The first-order chi connectivity index (χ1) is 19.0. The Hall–Kier alpha value is -1.10. The fourth-order valence-electron chi connectivity index (χ4n) is 12.5. The van der Waals surface area contributed by atoms with Crippen LogP contribution >= 0.6 is 11.8 Å². The zero-order valence-corrected chi connectivity index (χ0v) is 26.1. The summed E-state index contributed by atoms with van der Waals surface area (Å²) in [5.41, 5.74) is 1.09. The van der Waals surface area contributed by atoms with Crippen molar-refractivity contribution in [2.75, 3.05) is 0 Å². The Balaban J connectivity index is 1.20. The number of fused-ring (bicyclic) bond motifs is 3. The van der Waals surface area contributed by atoms with Crippen LogP contribution in [0.3, 0.4) is 0 Å². The third-order valence-corrected chi connectivity index (χ3v) is 15.3. The number of ether oxygens (including phenoxy) is 1. The maximum absolute atomic E-state index is 14.1. The fourth-order valence-corrected chi connectivity index (χ4v) is 14.0. The minimum Gasteiger partial charge on any atom is -0.459 e. The van der Waals surface area contributed by atoms with Gasteiger partial charge in [-0.25, -0.2) is 0 Å². The molecule has 40 heavy (non-hydrogen) atoms. The second-order valence-electron chi connectivity index (χ2n) is 16.2. The Kier molecular flexibility index (Phi) is 6.55. The second-order valence-corrected chi connectivity index (χ2v) is 17.5. The molecule has 5 unspecified atom stereocenters. The summed E-state index contributed by atoms with van der Waals surface area (Å²) in [6.07, 6.45) is 17.8. The lowest BCUT2D eigenvalue weighted by Gasteiger charge is -2.63. The van der Waals surface area contributed by atoms with Gasteiger partial charge in [-0.1, -0.05) is 44.5 Å². The lowest BCUT2D eigenvalue weighted by molar-refractivity contribution is -0.180. The molecule has 8 aliphatic rings. The summed E-state index contributed by atoms with van der Waals surface area (Å²) in [5.74, 6) is 4.08. The van der Waals surface area contributed by atoms with Crippen molar-refractivity contribution in [1.29, 1.82) is 0 Å². The number of thioether (sulfide) groups is 1. The standard InChI is InChI=1S/C35H50O4S/c1-5-26-31-27(7-10-33(26,3)34(4)11-8-29(37)39-34)32(2)9-6-25(36)15-24(32)16-28(31)40-30(38)20-35-17-21-12-22(18-35)14-23(13-21)19-35/h15,21-23,26-28,31H,5-14,16-20H2,1-4H3/t21?,22?,23?,26?,27?,28-,31?,32?,33?,34-,35?/m1/s1. The van der Waals surface area contributed by atoms with Crippen LogP contribution in [-0.4, -0.2) is 27.7 Å². The van der Waals surface area contributed by atoms with Gasteiger partial charge in [-0.15, -0.1) is 0 Å². The SMILES string of the molecule is CCC1C2C(CCC1(C)[C@@]1(C)CCC(=O)O1)C1(C)CCC(=O)C=C1C[C@H]2SC(=O)CC12CC3CC(CC(C3)C1)C2. The van der Waals surface area contributed by atoms with Crippen LogP contribution in [-0.2, 0) is 19.1 Å². The molecule has 0 amide bonds. The number of hydrogen-bond donors (Lipinski definition) is 0. The van der Waals surface area contributed by atoms with Crippen molar-refractivity contribution in [3.05, 3.63) is 11.6 Å². The largest absolute Gasteiger partial charge is 0.459 e. The summed E-state index contributed by atoms with van der Waals surface area (Å²) in [6.45, 7) is 9.33. The zero-order chi connectivity index (χ0) is 28.1. The van der Waals surface area contributed by atoms with Crippen LogP contribution in [0, 0.1) is 51.8 Å². The minimum atomic E-state index is -0.437. The fraction of sp³-hybridized carbons (Fsp3) is 0.857. The molecule has 1 saturated heterocycles. The molecule has 1 heterocycles. The Morgan fingerprint density at radius 3 is 2.25 bits per heavy atom. The highest BCUT2D eigenvalue weighted by Crippen LogP contribution is 2.68. The zero-order valence-electron chi connectivity index (χ0n) is 25.3. The summed E-state index contributed by atoms with van der Waals surface area (Å²) in [5, 5.41) is 0.625. The number of rotatable bonds is 5. The van der Waals surface area contributed by atoms with E-state index in [1.165, 1.54) is 44.1 Å². The quantitative estimate of drug-likeness (QED) is 0.315. The first kappa shape index (κ1) is 27.7. The van der Waals surface area contributed by atoms with Crippen LogP contribution in [0.2, 0.25) is 0 Å². The van der Waals surface area contributed by atoms with E-state index >= 15 is 0 Å². The van der Waals surface area contributed by atoms with Crippen LogP contribution in [0.15, 0.2) is 11.6 Å². The molecule has 0 aromatic heterocycles. The van der Waals surface area contributed by atoms with Crippen LogP contribution in [0.1, 0.15) is 124 Å². The first-order valence-corrected chi connectivity index (χ1v) is 17.5. The lowest BCUT2D eigenvalue weighted by atomic mass is 9.44. The molecule has 7 fully saturated rings. The summed E-state index contributed by atoms with van der Waals surface area (Å²) >= 11 is 1.67. The molecule has 5 heteroatoms. The van der Waals surface area contributed by atoms with Crippen LogP contribution < -0.4 is 0 Å². The molecule has 4 nitrogen and oxygen atoms in total. The number of hydrogen-bond acceptors (Lipinski definition) is 5. The van der Waals surface area contributed by atoms with E-state index in [1.54, 1.807) is 11.8 Å². The third-order valence-electron chi connectivity index (χ3n) is 14.1. The van der Waals surface area contributed by atoms with Gasteiger partial charge in [0.15, 0.2) is 10.9 Å². The summed E-state index contributed by atoms with van der Waals surface area (Å²) in [7, 11) is 0. The third kappa shape index (κ3) is 4.16. The molecule has 7 aliphatic carbocycles. The van der Waals surface area contributed by atoms with Gasteiger partial charge in [0.2, 0.25) is 0 Å². The van der Waals surface area contributed by atoms with Gasteiger partial charge in [0.1, 0.15) is 5.60 Å². The van der Waals surface area contributed by atoms with Gasteiger partial charge < -0.3 is 4.74 Å². The molecule has 1 aliphatic heterocycles. The first-order valence-electron chi connectivity index (χ1n) is 16.6. The molecule has 4 bridgehead atoms. The van der Waals surface area contributed by atoms with E-state index in [0.29, 0.717) is 35.7 Å². The van der Waals surface area contributed by atoms with Crippen molar-refractivity contribution >= 4 is 28.6 Å². The topological polar surface area (TPSA) is 60.4 Å². The van der Waals surface area contributed by atoms with Gasteiger partial charge >= 0.3 is 5.97 Å². The molecular formula is C35H50O4S. The number of esters is 1. The van der Waals surface area contributed by atoms with Crippen molar-refractivity contribution in [2.45, 2.75) is 135 Å². The van der Waals surface area contributed by atoms with Gasteiger partial charge in [0.25, 0.3) is 0 Å². The van der Waals surface area contributed by atoms with Crippen molar-refractivity contribution in [3.63, 3.8) is 0 Å². The van der Waals surface area contributed by atoms with Crippen molar-refractivity contribution in [2.24, 2.45) is 51.8 Å². The Morgan fingerprint density at radius 2 is 1.65 bits per heavy atom. The minimum absolute atomic E-state index is 0.0423. The predicted molar refractivity (Wildman–Crippen MR) is 158 cm³/mol. The maximum Gasteiger partial charge on any atom is 0.306 e. The van der Waals surface area contributed by atoms with Gasteiger partial charge in [0, 0.05) is 29.9 Å². The molecule has 220 valence electrons. The van der Waals surface area contributed by atoms with Crippen molar-refractivity contribution < 1.29 is 19.1 Å². The smallest absolute Gasteiger partial charge is 0.306 e. The molecule has 6 saturated carbocycles. The van der Waals surface area contributed by atoms with Crippen LogP contribution in [0.25, 0.3) is 0 Å². The molecule has 0 aromatic rings. The number of ketones is 1.